The van der Waals surface area contributed by atoms with E-state index in [0.29, 0.717) is 6.42 Å². The minimum absolute atomic E-state index is 0.0828. The lowest BCUT2D eigenvalue weighted by atomic mass is 10.1. The third-order valence-electron chi connectivity index (χ3n) is 2.71. The van der Waals surface area contributed by atoms with Crippen molar-refractivity contribution in [3.8, 4) is 0 Å². The first-order valence-corrected chi connectivity index (χ1v) is 8.99. The van der Waals surface area contributed by atoms with Crippen molar-refractivity contribution >= 4 is 16.1 Å². The summed E-state index contributed by atoms with van der Waals surface area (Å²) in [5.74, 6) is -1.28. The van der Waals surface area contributed by atoms with Gasteiger partial charge in [-0.2, -0.15) is 8.42 Å². The van der Waals surface area contributed by atoms with Crippen LogP contribution in [-0.2, 0) is 33.3 Å². The van der Waals surface area contributed by atoms with Gasteiger partial charge in [0.15, 0.2) is 5.79 Å². The highest BCUT2D eigenvalue weighted by atomic mass is 32.2. The summed E-state index contributed by atoms with van der Waals surface area (Å²) in [7, 11) is -3.54. The second-order valence-corrected chi connectivity index (χ2v) is 8.54. The molecule has 8 heteroatoms. The first kappa shape index (κ1) is 19.3. The topological polar surface area (TPSA) is 88.1 Å². The molecule has 0 spiro atoms. The van der Waals surface area contributed by atoms with Gasteiger partial charge in [0.25, 0.3) is 10.1 Å². The van der Waals surface area contributed by atoms with Crippen molar-refractivity contribution in [2.45, 2.75) is 71.1 Å². The second-order valence-electron chi connectivity index (χ2n) is 6.89. The fourth-order valence-electron chi connectivity index (χ4n) is 2.22. The number of esters is 1. The van der Waals surface area contributed by atoms with Gasteiger partial charge in [-0.25, -0.2) is 0 Å². The predicted octanol–water partition coefficient (Wildman–Crippen LogP) is 1.60. The van der Waals surface area contributed by atoms with Crippen LogP contribution in [0.25, 0.3) is 0 Å². The molecule has 7 nitrogen and oxygen atoms in total. The lowest BCUT2D eigenvalue weighted by Gasteiger charge is -2.40. The van der Waals surface area contributed by atoms with Crippen LogP contribution in [0.15, 0.2) is 0 Å². The maximum Gasteiger partial charge on any atom is 0.308 e. The van der Waals surface area contributed by atoms with Crippen LogP contribution in [0.1, 0.15) is 47.5 Å². The number of hydrogen-bond acceptors (Lipinski definition) is 7. The summed E-state index contributed by atoms with van der Waals surface area (Å²) in [6, 6.07) is 0. The van der Waals surface area contributed by atoms with E-state index in [0.717, 1.165) is 6.26 Å². The van der Waals surface area contributed by atoms with Gasteiger partial charge in [0, 0.05) is 6.42 Å². The summed E-state index contributed by atoms with van der Waals surface area (Å²) < 4.78 is 43.5. The Morgan fingerprint density at radius 2 is 1.77 bits per heavy atom. The maximum absolute atomic E-state index is 11.9. The molecule has 0 saturated carbocycles. The number of carbonyl (C=O) groups is 1. The summed E-state index contributed by atoms with van der Waals surface area (Å²) in [5, 5.41) is 0. The van der Waals surface area contributed by atoms with Gasteiger partial charge in [0.2, 0.25) is 0 Å². The molecule has 1 rings (SSSR count). The Balaban J connectivity index is 2.62. The SMILES string of the molecule is CC(C)(C)OC(=O)C[C@H]1C[C@@H](COS(C)(=O)=O)OC(C)(C)O1. The van der Waals surface area contributed by atoms with E-state index in [9.17, 15) is 13.2 Å². The molecule has 0 amide bonds. The van der Waals surface area contributed by atoms with E-state index >= 15 is 0 Å². The summed E-state index contributed by atoms with van der Waals surface area (Å²) in [6.07, 6.45) is 0.547. The van der Waals surface area contributed by atoms with Gasteiger partial charge < -0.3 is 14.2 Å². The first-order valence-electron chi connectivity index (χ1n) is 7.18. The zero-order valence-electron chi connectivity index (χ0n) is 14.0. The third-order valence-corrected chi connectivity index (χ3v) is 3.27. The van der Waals surface area contributed by atoms with Crippen LogP contribution in [0.5, 0.6) is 0 Å². The van der Waals surface area contributed by atoms with E-state index < -0.39 is 33.7 Å². The van der Waals surface area contributed by atoms with Crippen molar-refractivity contribution in [3.63, 3.8) is 0 Å². The van der Waals surface area contributed by atoms with Gasteiger partial charge in [-0.1, -0.05) is 0 Å². The van der Waals surface area contributed by atoms with Crippen LogP contribution in [-0.4, -0.2) is 50.8 Å². The van der Waals surface area contributed by atoms with E-state index in [1.54, 1.807) is 34.6 Å². The van der Waals surface area contributed by atoms with Crippen LogP contribution < -0.4 is 0 Å². The number of hydrogen-bond donors (Lipinski definition) is 0. The Bertz CT molecular complexity index is 490. The van der Waals surface area contributed by atoms with E-state index in [1.807, 2.05) is 0 Å². The van der Waals surface area contributed by atoms with Crippen molar-refractivity contribution in [2.75, 3.05) is 12.9 Å². The van der Waals surface area contributed by atoms with Gasteiger partial charge in [-0.15, -0.1) is 0 Å². The Morgan fingerprint density at radius 3 is 2.27 bits per heavy atom. The number of ether oxygens (including phenoxy) is 3. The van der Waals surface area contributed by atoms with Crippen molar-refractivity contribution < 1.29 is 31.6 Å². The van der Waals surface area contributed by atoms with Crippen LogP contribution >= 0.6 is 0 Å². The van der Waals surface area contributed by atoms with Crippen LogP contribution in [0.4, 0.5) is 0 Å². The number of carbonyl (C=O) groups excluding carboxylic acids is 1. The van der Waals surface area contributed by atoms with Gasteiger partial charge in [-0.3, -0.25) is 8.98 Å². The monoisotopic (exact) mass is 338 g/mol. The molecule has 0 N–H and O–H groups in total. The van der Waals surface area contributed by atoms with Crippen LogP contribution in [0.3, 0.4) is 0 Å². The fraction of sp³-hybridized carbons (Fsp3) is 0.929. The molecule has 0 unspecified atom stereocenters. The molecule has 22 heavy (non-hydrogen) atoms. The van der Waals surface area contributed by atoms with Crippen molar-refractivity contribution in [2.24, 2.45) is 0 Å². The van der Waals surface area contributed by atoms with Crippen molar-refractivity contribution in [1.29, 1.82) is 0 Å². The summed E-state index contributed by atoms with van der Waals surface area (Å²) in [4.78, 5) is 11.9. The molecule has 0 aromatic rings. The van der Waals surface area contributed by atoms with Gasteiger partial charge in [0.1, 0.15) is 5.60 Å². The molecule has 0 aromatic carbocycles. The molecule has 0 radical (unpaired) electrons. The zero-order chi connectivity index (χ0) is 17.2. The molecule has 1 fully saturated rings. The number of rotatable bonds is 5. The third kappa shape index (κ3) is 8.07. The normalized spacial score (nSPS) is 25.7. The summed E-state index contributed by atoms with van der Waals surface area (Å²) in [5.41, 5.74) is -0.559. The fourth-order valence-corrected chi connectivity index (χ4v) is 2.61. The highest BCUT2D eigenvalue weighted by Gasteiger charge is 2.37. The van der Waals surface area contributed by atoms with E-state index in [4.69, 9.17) is 18.4 Å². The summed E-state index contributed by atoms with van der Waals surface area (Å²) >= 11 is 0. The Labute approximate surface area is 132 Å². The lowest BCUT2D eigenvalue weighted by Crippen LogP contribution is -2.47. The molecule has 0 aliphatic carbocycles. The molecule has 2 atom stereocenters. The first-order chi connectivity index (χ1) is 9.76. The molecule has 1 aliphatic rings. The quantitative estimate of drug-likeness (QED) is 0.556. The van der Waals surface area contributed by atoms with Crippen LogP contribution in [0, 0.1) is 0 Å². The molecular weight excluding hydrogens is 312 g/mol. The van der Waals surface area contributed by atoms with Crippen molar-refractivity contribution in [1.82, 2.24) is 0 Å². The average Bonchev–Trinajstić information content (AvgIpc) is 2.20. The highest BCUT2D eigenvalue weighted by Crippen LogP contribution is 2.29. The van der Waals surface area contributed by atoms with Gasteiger partial charge in [0.05, 0.1) is 31.5 Å². The Hall–Kier alpha value is -0.700. The zero-order valence-corrected chi connectivity index (χ0v) is 14.9. The average molecular weight is 338 g/mol. The van der Waals surface area contributed by atoms with Gasteiger partial charge in [-0.05, 0) is 34.6 Å². The van der Waals surface area contributed by atoms with Crippen molar-refractivity contribution in [3.05, 3.63) is 0 Å². The second kappa shape index (κ2) is 6.82. The molecule has 0 aromatic heterocycles. The molecule has 1 saturated heterocycles. The molecule has 130 valence electrons. The molecule has 1 heterocycles. The lowest BCUT2D eigenvalue weighted by molar-refractivity contribution is -0.303. The molecular formula is C14H26O7S. The Morgan fingerprint density at radius 1 is 1.23 bits per heavy atom. The van der Waals surface area contributed by atoms with E-state index in [2.05, 4.69) is 0 Å². The predicted molar refractivity (Wildman–Crippen MR) is 79.7 cm³/mol. The largest absolute Gasteiger partial charge is 0.460 e. The molecule has 1 aliphatic heterocycles. The highest BCUT2D eigenvalue weighted by molar-refractivity contribution is 7.85. The van der Waals surface area contributed by atoms with Crippen LogP contribution in [0.2, 0.25) is 0 Å². The minimum Gasteiger partial charge on any atom is -0.460 e. The van der Waals surface area contributed by atoms with E-state index in [-0.39, 0.29) is 19.0 Å². The maximum atomic E-state index is 11.9. The minimum atomic E-state index is -3.54. The van der Waals surface area contributed by atoms with Gasteiger partial charge >= 0.3 is 5.97 Å². The smallest absolute Gasteiger partial charge is 0.308 e. The Kier molecular flexibility index (Phi) is 6.00. The van der Waals surface area contributed by atoms with E-state index in [1.165, 1.54) is 0 Å². The summed E-state index contributed by atoms with van der Waals surface area (Å²) in [6.45, 7) is 8.70. The molecule has 0 bridgehead atoms. The standard InChI is InChI=1S/C14H26O7S/c1-13(2,3)21-12(15)8-10-7-11(9-18-22(6,16)17)20-14(4,5)19-10/h10-11H,7-9H2,1-6H3/t10-,11+/m1/s1.